The highest BCUT2D eigenvalue weighted by molar-refractivity contribution is 5.93. The van der Waals surface area contributed by atoms with Crippen LogP contribution in [0.5, 0.6) is 5.75 Å². The third-order valence-electron chi connectivity index (χ3n) is 2.24. The lowest BCUT2D eigenvalue weighted by Crippen LogP contribution is -2.10. The molecule has 0 radical (unpaired) electrons. The average Bonchev–Trinajstić information content (AvgIpc) is 3.02. The number of hydrogen-bond donors (Lipinski definition) is 1. The molecule has 2 aromatic rings. The van der Waals surface area contributed by atoms with Crippen molar-refractivity contribution in [1.29, 1.82) is 0 Å². The molecule has 2 rings (SSSR count). The van der Waals surface area contributed by atoms with Gasteiger partial charge in [-0.2, -0.15) is 15.0 Å². The first-order valence-electron chi connectivity index (χ1n) is 5.47. The number of nitrogens with two attached hydrogens (primary N) is 1. The number of ether oxygens (including phenoxy) is 2. The summed E-state index contributed by atoms with van der Waals surface area (Å²) >= 11 is 0. The molecule has 1 aromatic carbocycles. The van der Waals surface area contributed by atoms with Gasteiger partial charge in [-0.3, -0.25) is 0 Å². The number of methoxy groups -OCH3 is 2. The number of benzene rings is 1. The van der Waals surface area contributed by atoms with Crippen molar-refractivity contribution in [3.05, 3.63) is 36.2 Å². The van der Waals surface area contributed by atoms with Crippen molar-refractivity contribution in [3.63, 3.8) is 0 Å². The van der Waals surface area contributed by atoms with Gasteiger partial charge in [0.15, 0.2) is 0 Å². The van der Waals surface area contributed by atoms with Gasteiger partial charge in [0.1, 0.15) is 11.4 Å². The van der Waals surface area contributed by atoms with Gasteiger partial charge in [-0.1, -0.05) is 0 Å². The van der Waals surface area contributed by atoms with Gasteiger partial charge < -0.3 is 15.2 Å². The van der Waals surface area contributed by atoms with Gasteiger partial charge in [-0.25, -0.2) is 4.79 Å². The lowest BCUT2D eigenvalue weighted by Gasteiger charge is -2.08. The van der Waals surface area contributed by atoms with Crippen LogP contribution in [0.25, 0.3) is 5.69 Å². The van der Waals surface area contributed by atoms with E-state index in [2.05, 4.69) is 15.9 Å². The molecular weight excluding hydrogens is 248 g/mol. The van der Waals surface area contributed by atoms with Crippen molar-refractivity contribution in [1.82, 2.24) is 15.0 Å². The molecule has 0 unspecified atom stereocenters. The monoisotopic (exact) mass is 264 g/mol. The molecule has 19 heavy (non-hydrogen) atoms. The molecule has 1 heterocycles. The molecule has 7 nitrogen and oxygen atoms in total. The van der Waals surface area contributed by atoms with Crippen LogP contribution < -0.4 is 10.5 Å². The molecule has 0 aliphatic carbocycles. The number of carbonyl (C=O) groups is 1. The van der Waals surface area contributed by atoms with E-state index < -0.39 is 5.97 Å². The summed E-state index contributed by atoms with van der Waals surface area (Å²) in [6.07, 6.45) is 3.07. The van der Waals surface area contributed by atoms with Crippen LogP contribution >= 0.6 is 0 Å². The molecular formula is C12H16N4O3. The molecule has 0 spiro atoms. The Morgan fingerprint density at radius 1 is 1.21 bits per heavy atom. The van der Waals surface area contributed by atoms with E-state index in [0.717, 1.165) is 0 Å². The Bertz CT molecular complexity index is 526. The van der Waals surface area contributed by atoms with Crippen LogP contribution in [-0.2, 0) is 4.74 Å². The second kappa shape index (κ2) is 7.12. The van der Waals surface area contributed by atoms with E-state index >= 15 is 0 Å². The first kappa shape index (κ1) is 14.7. The molecule has 102 valence electrons. The summed E-state index contributed by atoms with van der Waals surface area (Å²) in [5.41, 5.74) is 5.39. The zero-order chi connectivity index (χ0) is 14.3. The van der Waals surface area contributed by atoms with Gasteiger partial charge in [-0.15, -0.1) is 0 Å². The first-order chi connectivity index (χ1) is 9.26. The standard InChI is InChI=1S/C11H11N3O3.CH5N/c1-16-8-3-4-10(14-12-5-6-13-14)9(7-8)11(15)17-2;1-2/h3-7H,1-2H3;2H2,1H3. The summed E-state index contributed by atoms with van der Waals surface area (Å²) < 4.78 is 9.78. The largest absolute Gasteiger partial charge is 0.497 e. The Kier molecular flexibility index (Phi) is 5.49. The molecule has 7 heteroatoms. The predicted octanol–water partition coefficient (Wildman–Crippen LogP) is 0.637. The average molecular weight is 264 g/mol. The van der Waals surface area contributed by atoms with Gasteiger partial charge >= 0.3 is 5.97 Å². The normalized spacial score (nSPS) is 9.26. The van der Waals surface area contributed by atoms with Gasteiger partial charge in [-0.05, 0) is 25.2 Å². The summed E-state index contributed by atoms with van der Waals surface area (Å²) in [4.78, 5) is 13.0. The zero-order valence-corrected chi connectivity index (χ0v) is 11.0. The topological polar surface area (TPSA) is 92.3 Å². The number of hydrogen-bond acceptors (Lipinski definition) is 6. The third kappa shape index (κ3) is 3.29. The van der Waals surface area contributed by atoms with Gasteiger partial charge in [0.05, 0.1) is 32.2 Å². The van der Waals surface area contributed by atoms with Crippen LogP contribution in [0.2, 0.25) is 0 Å². The molecule has 0 aliphatic rings. The van der Waals surface area contributed by atoms with Gasteiger partial charge in [0.25, 0.3) is 0 Å². The van der Waals surface area contributed by atoms with E-state index in [0.29, 0.717) is 17.0 Å². The van der Waals surface area contributed by atoms with Crippen molar-refractivity contribution in [2.24, 2.45) is 5.73 Å². The second-order valence-corrected chi connectivity index (χ2v) is 3.19. The predicted molar refractivity (Wildman–Crippen MR) is 69.4 cm³/mol. The maximum atomic E-state index is 11.7. The summed E-state index contributed by atoms with van der Waals surface area (Å²) in [6.45, 7) is 0. The molecule has 0 fully saturated rings. The highest BCUT2D eigenvalue weighted by atomic mass is 16.5. The lowest BCUT2D eigenvalue weighted by atomic mass is 10.1. The molecule has 0 aliphatic heterocycles. The maximum absolute atomic E-state index is 11.7. The number of nitrogens with zero attached hydrogens (tertiary/aromatic N) is 3. The number of esters is 1. The van der Waals surface area contributed by atoms with E-state index in [-0.39, 0.29) is 0 Å². The zero-order valence-electron chi connectivity index (χ0n) is 11.0. The number of carbonyl (C=O) groups excluding carboxylic acids is 1. The van der Waals surface area contributed by atoms with E-state index in [1.54, 1.807) is 18.2 Å². The highest BCUT2D eigenvalue weighted by Gasteiger charge is 2.15. The highest BCUT2D eigenvalue weighted by Crippen LogP contribution is 2.20. The fraction of sp³-hybridized carbons (Fsp3) is 0.250. The van der Waals surface area contributed by atoms with Crippen molar-refractivity contribution < 1.29 is 14.3 Å². The second-order valence-electron chi connectivity index (χ2n) is 3.19. The maximum Gasteiger partial charge on any atom is 0.340 e. The Balaban J connectivity index is 0.000000861. The van der Waals surface area contributed by atoms with E-state index in [1.165, 1.54) is 38.5 Å². The van der Waals surface area contributed by atoms with E-state index in [9.17, 15) is 4.79 Å². The smallest absolute Gasteiger partial charge is 0.340 e. The SMILES string of the molecule is CN.COC(=O)c1cc(OC)ccc1-n1nccn1. The van der Waals surface area contributed by atoms with Crippen LogP contribution in [0.3, 0.4) is 0 Å². The minimum absolute atomic E-state index is 0.350. The third-order valence-corrected chi connectivity index (χ3v) is 2.24. The fourth-order valence-corrected chi connectivity index (χ4v) is 1.43. The van der Waals surface area contributed by atoms with Crippen molar-refractivity contribution in [3.8, 4) is 11.4 Å². The van der Waals surface area contributed by atoms with Crippen LogP contribution in [-0.4, -0.2) is 42.2 Å². The summed E-state index contributed by atoms with van der Waals surface area (Å²) in [6, 6.07) is 5.01. The molecule has 0 saturated carbocycles. The fourth-order valence-electron chi connectivity index (χ4n) is 1.43. The van der Waals surface area contributed by atoms with Crippen LogP contribution in [0.1, 0.15) is 10.4 Å². The Morgan fingerprint density at radius 2 is 1.84 bits per heavy atom. The Morgan fingerprint density at radius 3 is 2.37 bits per heavy atom. The Labute approximate surface area is 110 Å². The Hall–Kier alpha value is -2.41. The first-order valence-corrected chi connectivity index (χ1v) is 5.47. The van der Waals surface area contributed by atoms with Crippen LogP contribution in [0.15, 0.2) is 30.6 Å². The van der Waals surface area contributed by atoms with Crippen molar-refractivity contribution >= 4 is 5.97 Å². The van der Waals surface area contributed by atoms with Gasteiger partial charge in [0, 0.05) is 0 Å². The summed E-state index contributed by atoms with van der Waals surface area (Å²) in [5, 5.41) is 7.95. The summed E-state index contributed by atoms with van der Waals surface area (Å²) in [5.74, 6) is 0.109. The van der Waals surface area contributed by atoms with E-state index in [4.69, 9.17) is 9.47 Å². The molecule has 1 aromatic heterocycles. The lowest BCUT2D eigenvalue weighted by molar-refractivity contribution is 0.0600. The number of aromatic nitrogens is 3. The summed E-state index contributed by atoms with van der Waals surface area (Å²) in [7, 11) is 4.35. The molecule has 0 amide bonds. The molecule has 2 N–H and O–H groups in total. The van der Waals surface area contributed by atoms with E-state index in [1.807, 2.05) is 0 Å². The minimum Gasteiger partial charge on any atom is -0.497 e. The minimum atomic E-state index is -0.462. The molecule has 0 bridgehead atoms. The quantitative estimate of drug-likeness (QED) is 0.818. The van der Waals surface area contributed by atoms with Crippen molar-refractivity contribution in [2.75, 3.05) is 21.3 Å². The molecule has 0 atom stereocenters. The van der Waals surface area contributed by atoms with Crippen molar-refractivity contribution in [2.45, 2.75) is 0 Å². The number of rotatable bonds is 3. The van der Waals surface area contributed by atoms with Crippen LogP contribution in [0, 0.1) is 0 Å². The van der Waals surface area contributed by atoms with Gasteiger partial charge in [0.2, 0.25) is 0 Å². The molecule has 0 saturated heterocycles. The van der Waals surface area contributed by atoms with Crippen LogP contribution in [0.4, 0.5) is 0 Å².